The molecule has 1 aromatic carbocycles. The molecule has 2 saturated heterocycles. The van der Waals surface area contributed by atoms with Crippen LogP contribution in [0.3, 0.4) is 0 Å². The molecule has 3 aliphatic rings. The van der Waals surface area contributed by atoms with Gasteiger partial charge in [-0.05, 0) is 38.2 Å². The lowest BCUT2D eigenvalue weighted by molar-refractivity contribution is -0.134. The molecule has 0 bridgehead atoms. The van der Waals surface area contributed by atoms with Crippen molar-refractivity contribution in [3.63, 3.8) is 0 Å². The lowest BCUT2D eigenvalue weighted by Crippen LogP contribution is -2.45. The average molecular weight is 413 g/mol. The number of likely N-dealkylation sites (tertiary alicyclic amines) is 1. The molecule has 1 saturated carbocycles. The molecule has 1 aromatic rings. The van der Waals surface area contributed by atoms with Gasteiger partial charge in [-0.25, -0.2) is 0 Å². The first-order valence-electron chi connectivity index (χ1n) is 11.7. The average Bonchev–Trinajstić information content (AvgIpc) is 3.54. The number of nitrogens with zero attached hydrogens (tertiary/aromatic N) is 2. The fourth-order valence-electron chi connectivity index (χ4n) is 5.06. The van der Waals surface area contributed by atoms with Gasteiger partial charge in [0.2, 0.25) is 5.91 Å². The van der Waals surface area contributed by atoms with Gasteiger partial charge in [0.05, 0.1) is 6.10 Å². The Balaban J connectivity index is 1.32. The van der Waals surface area contributed by atoms with E-state index in [-0.39, 0.29) is 18.1 Å². The first-order valence-corrected chi connectivity index (χ1v) is 11.7. The Bertz CT molecular complexity index is 717. The van der Waals surface area contributed by atoms with Gasteiger partial charge in [-0.1, -0.05) is 43.2 Å². The minimum Gasteiger partial charge on any atom is -0.373 e. The summed E-state index contributed by atoms with van der Waals surface area (Å²) >= 11 is 0. The van der Waals surface area contributed by atoms with Gasteiger partial charge >= 0.3 is 0 Å². The molecule has 0 spiro atoms. The summed E-state index contributed by atoms with van der Waals surface area (Å²) < 4.78 is 6.01. The largest absolute Gasteiger partial charge is 0.373 e. The molecule has 0 aromatic heterocycles. The zero-order chi connectivity index (χ0) is 20.8. The normalized spacial score (nSPS) is 27.6. The zero-order valence-electron chi connectivity index (χ0n) is 18.2. The summed E-state index contributed by atoms with van der Waals surface area (Å²) in [6, 6.07) is 10.7. The lowest BCUT2D eigenvalue weighted by atomic mass is 9.95. The van der Waals surface area contributed by atoms with Crippen molar-refractivity contribution < 1.29 is 9.53 Å². The third kappa shape index (κ3) is 5.15. The van der Waals surface area contributed by atoms with Gasteiger partial charge in [-0.3, -0.25) is 9.79 Å². The van der Waals surface area contributed by atoms with Crippen molar-refractivity contribution in [3.05, 3.63) is 35.9 Å². The van der Waals surface area contributed by atoms with Crippen LogP contribution in [-0.4, -0.2) is 55.6 Å². The van der Waals surface area contributed by atoms with E-state index in [4.69, 9.17) is 9.73 Å². The van der Waals surface area contributed by atoms with E-state index < -0.39 is 0 Å². The van der Waals surface area contributed by atoms with E-state index in [2.05, 4.69) is 46.7 Å². The molecule has 0 radical (unpaired) electrons. The summed E-state index contributed by atoms with van der Waals surface area (Å²) in [5.41, 5.74) is 1.24. The Labute approximate surface area is 180 Å². The summed E-state index contributed by atoms with van der Waals surface area (Å²) in [5.74, 6) is 1.89. The topological polar surface area (TPSA) is 66.0 Å². The second-order valence-electron chi connectivity index (χ2n) is 8.87. The summed E-state index contributed by atoms with van der Waals surface area (Å²) in [5, 5.41) is 6.96. The number of nitrogens with one attached hydrogen (secondary N) is 2. The molecule has 2 heterocycles. The van der Waals surface area contributed by atoms with Crippen molar-refractivity contribution in [2.75, 3.05) is 32.8 Å². The van der Waals surface area contributed by atoms with Crippen molar-refractivity contribution in [1.29, 1.82) is 0 Å². The molecule has 30 heavy (non-hydrogen) atoms. The van der Waals surface area contributed by atoms with Gasteiger partial charge in [-0.15, -0.1) is 0 Å². The van der Waals surface area contributed by atoms with E-state index in [9.17, 15) is 4.79 Å². The number of amides is 1. The van der Waals surface area contributed by atoms with Crippen LogP contribution >= 0.6 is 0 Å². The number of carbonyl (C=O) groups excluding carboxylic acids is 1. The number of hydrogen-bond acceptors (Lipinski definition) is 3. The Morgan fingerprint density at radius 2 is 1.97 bits per heavy atom. The molecule has 3 fully saturated rings. The van der Waals surface area contributed by atoms with Gasteiger partial charge in [0.15, 0.2) is 5.96 Å². The predicted octanol–water partition coefficient (Wildman–Crippen LogP) is 3.11. The molecular weight excluding hydrogens is 376 g/mol. The van der Waals surface area contributed by atoms with E-state index in [0.717, 1.165) is 64.4 Å². The fraction of sp³-hybridized carbons (Fsp3) is 0.667. The second kappa shape index (κ2) is 10.3. The van der Waals surface area contributed by atoms with E-state index >= 15 is 0 Å². The lowest BCUT2D eigenvalue weighted by Gasteiger charge is -2.22. The maximum absolute atomic E-state index is 12.7. The highest BCUT2D eigenvalue weighted by molar-refractivity contribution is 5.81. The van der Waals surface area contributed by atoms with Crippen LogP contribution in [0.2, 0.25) is 0 Å². The zero-order valence-corrected chi connectivity index (χ0v) is 18.2. The fourth-order valence-corrected chi connectivity index (χ4v) is 5.06. The first-order chi connectivity index (χ1) is 14.7. The third-order valence-electron chi connectivity index (χ3n) is 6.72. The van der Waals surface area contributed by atoms with Gasteiger partial charge in [0.1, 0.15) is 0 Å². The Hall–Kier alpha value is -2.08. The molecule has 2 aliphatic heterocycles. The van der Waals surface area contributed by atoms with Gasteiger partial charge in [0, 0.05) is 50.7 Å². The molecule has 1 aliphatic carbocycles. The molecule has 3 unspecified atom stereocenters. The van der Waals surface area contributed by atoms with Gasteiger partial charge < -0.3 is 20.3 Å². The van der Waals surface area contributed by atoms with Crippen molar-refractivity contribution in [2.45, 2.75) is 57.6 Å². The predicted molar refractivity (Wildman–Crippen MR) is 119 cm³/mol. The molecule has 164 valence electrons. The third-order valence-corrected chi connectivity index (χ3v) is 6.72. The quantitative estimate of drug-likeness (QED) is 0.557. The minimum absolute atomic E-state index is 0.129. The van der Waals surface area contributed by atoms with Crippen LogP contribution in [0.15, 0.2) is 35.3 Å². The van der Waals surface area contributed by atoms with Crippen molar-refractivity contribution >= 4 is 11.9 Å². The number of rotatable bonds is 6. The smallest absolute Gasteiger partial charge is 0.225 e. The Kier molecular flexibility index (Phi) is 7.26. The number of ether oxygens (including phenoxy) is 1. The molecule has 3 atom stereocenters. The highest BCUT2D eigenvalue weighted by Gasteiger charge is 2.33. The Morgan fingerprint density at radius 1 is 1.17 bits per heavy atom. The van der Waals surface area contributed by atoms with Crippen LogP contribution in [-0.2, 0) is 9.53 Å². The van der Waals surface area contributed by atoms with Crippen LogP contribution in [0, 0.1) is 11.8 Å². The van der Waals surface area contributed by atoms with Crippen molar-refractivity contribution in [2.24, 2.45) is 16.8 Å². The minimum atomic E-state index is 0.129. The molecule has 2 N–H and O–H groups in total. The first kappa shape index (κ1) is 21.2. The SMILES string of the molecule is CCNC(=NCC1CCOC1c1ccccc1)NC1CCN(C(=O)C2CCCC2)C1. The molecule has 6 nitrogen and oxygen atoms in total. The van der Waals surface area contributed by atoms with E-state index in [0.29, 0.717) is 11.8 Å². The second-order valence-corrected chi connectivity index (χ2v) is 8.87. The molecule has 1 amide bonds. The van der Waals surface area contributed by atoms with Crippen LogP contribution < -0.4 is 10.6 Å². The van der Waals surface area contributed by atoms with Crippen LogP contribution in [0.4, 0.5) is 0 Å². The van der Waals surface area contributed by atoms with E-state index in [1.54, 1.807) is 0 Å². The number of carbonyl (C=O) groups is 1. The summed E-state index contributed by atoms with van der Waals surface area (Å²) in [6.45, 7) is 6.11. The van der Waals surface area contributed by atoms with Crippen molar-refractivity contribution in [3.8, 4) is 0 Å². The number of benzene rings is 1. The maximum atomic E-state index is 12.7. The Morgan fingerprint density at radius 3 is 2.73 bits per heavy atom. The number of hydrogen-bond donors (Lipinski definition) is 2. The molecule has 4 rings (SSSR count). The summed E-state index contributed by atoms with van der Waals surface area (Å²) in [4.78, 5) is 19.7. The van der Waals surface area contributed by atoms with Crippen LogP contribution in [0.5, 0.6) is 0 Å². The number of guanidine groups is 1. The summed E-state index contributed by atoms with van der Waals surface area (Å²) in [6.07, 6.45) is 6.71. The van der Waals surface area contributed by atoms with E-state index in [1.165, 1.54) is 18.4 Å². The van der Waals surface area contributed by atoms with Crippen LogP contribution in [0.1, 0.15) is 57.1 Å². The molecular formula is C24H36N4O2. The van der Waals surface area contributed by atoms with Gasteiger partial charge in [-0.2, -0.15) is 0 Å². The summed E-state index contributed by atoms with van der Waals surface area (Å²) in [7, 11) is 0. The van der Waals surface area contributed by atoms with Crippen LogP contribution in [0.25, 0.3) is 0 Å². The number of aliphatic imine (C=N–C) groups is 1. The van der Waals surface area contributed by atoms with Crippen molar-refractivity contribution in [1.82, 2.24) is 15.5 Å². The highest BCUT2D eigenvalue weighted by Crippen LogP contribution is 2.34. The monoisotopic (exact) mass is 412 g/mol. The standard InChI is InChI=1S/C24H36N4O2/c1-2-25-24(26-16-20-13-15-30-22(20)18-8-4-3-5-9-18)27-21-12-14-28(17-21)23(29)19-10-6-7-11-19/h3-5,8-9,19-22H,2,6-7,10-17H2,1H3,(H2,25,26,27). The molecule has 6 heteroatoms. The van der Waals surface area contributed by atoms with Gasteiger partial charge in [0.25, 0.3) is 0 Å². The maximum Gasteiger partial charge on any atom is 0.225 e. The van der Waals surface area contributed by atoms with E-state index in [1.807, 2.05) is 6.07 Å². The highest BCUT2D eigenvalue weighted by atomic mass is 16.5.